The molecular formula is C21H26ClFN2O3. The molecule has 0 aliphatic carbocycles. The fourth-order valence-electron chi connectivity index (χ4n) is 3.09. The molecule has 1 aliphatic heterocycles. The average Bonchev–Trinajstić information content (AvgIpc) is 2.71. The fourth-order valence-corrected chi connectivity index (χ4v) is 3.09. The molecule has 0 spiro atoms. The van der Waals surface area contributed by atoms with Crippen LogP contribution < -0.4 is 15.8 Å². The van der Waals surface area contributed by atoms with Gasteiger partial charge >= 0.3 is 0 Å². The second-order valence-corrected chi connectivity index (χ2v) is 6.76. The van der Waals surface area contributed by atoms with Crippen LogP contribution in [-0.2, 0) is 22.7 Å². The number of carbonyl (C=O) groups excluding carboxylic acids is 1. The molecule has 0 aromatic heterocycles. The predicted octanol–water partition coefficient (Wildman–Crippen LogP) is 3.20. The molecule has 28 heavy (non-hydrogen) atoms. The van der Waals surface area contributed by atoms with Crippen LogP contribution in [0.1, 0.15) is 24.0 Å². The molecule has 0 saturated carbocycles. The van der Waals surface area contributed by atoms with Crippen molar-refractivity contribution in [2.45, 2.75) is 32.0 Å². The van der Waals surface area contributed by atoms with Crippen LogP contribution in [-0.4, -0.2) is 25.2 Å². The number of nitrogens with two attached hydrogens (primary N) is 1. The topological polar surface area (TPSA) is 73.6 Å². The van der Waals surface area contributed by atoms with Gasteiger partial charge in [-0.1, -0.05) is 24.3 Å². The van der Waals surface area contributed by atoms with E-state index >= 15 is 0 Å². The van der Waals surface area contributed by atoms with E-state index in [2.05, 4.69) is 5.32 Å². The van der Waals surface area contributed by atoms with E-state index in [9.17, 15) is 9.18 Å². The van der Waals surface area contributed by atoms with Crippen molar-refractivity contribution in [1.82, 2.24) is 5.32 Å². The number of rotatable bonds is 7. The van der Waals surface area contributed by atoms with E-state index in [4.69, 9.17) is 15.2 Å². The summed E-state index contributed by atoms with van der Waals surface area (Å²) in [7, 11) is 0. The van der Waals surface area contributed by atoms with Gasteiger partial charge in [-0.25, -0.2) is 4.39 Å². The summed E-state index contributed by atoms with van der Waals surface area (Å²) < 4.78 is 24.1. The molecule has 152 valence electrons. The zero-order chi connectivity index (χ0) is 19.1. The molecule has 5 nitrogen and oxygen atoms in total. The minimum atomic E-state index is -0.497. The number of halogens is 2. The number of hydrogen-bond donors (Lipinski definition) is 2. The summed E-state index contributed by atoms with van der Waals surface area (Å²) in [4.78, 5) is 12.2. The van der Waals surface area contributed by atoms with Crippen molar-refractivity contribution in [2.24, 2.45) is 11.7 Å². The Kier molecular flexibility index (Phi) is 8.70. The Labute approximate surface area is 170 Å². The number of nitrogens with one attached hydrogen (secondary N) is 1. The molecule has 1 saturated heterocycles. The van der Waals surface area contributed by atoms with E-state index in [1.165, 1.54) is 12.1 Å². The van der Waals surface area contributed by atoms with Crippen molar-refractivity contribution in [1.29, 1.82) is 0 Å². The van der Waals surface area contributed by atoms with Crippen molar-refractivity contribution >= 4 is 18.3 Å². The van der Waals surface area contributed by atoms with Gasteiger partial charge in [-0.3, -0.25) is 4.79 Å². The largest absolute Gasteiger partial charge is 0.489 e. The van der Waals surface area contributed by atoms with Gasteiger partial charge < -0.3 is 20.5 Å². The monoisotopic (exact) mass is 408 g/mol. The first-order valence-corrected chi connectivity index (χ1v) is 9.19. The van der Waals surface area contributed by atoms with Gasteiger partial charge in [0, 0.05) is 19.8 Å². The lowest BCUT2D eigenvalue weighted by Crippen LogP contribution is -2.46. The van der Waals surface area contributed by atoms with Gasteiger partial charge in [0.05, 0.1) is 6.04 Å². The number of benzene rings is 2. The van der Waals surface area contributed by atoms with E-state index in [0.717, 1.165) is 24.0 Å². The number of carbonyl (C=O) groups is 1. The maximum Gasteiger partial charge on any atom is 0.237 e. The standard InChI is InChI=1S/C21H25FN2O3.ClH/c22-18-3-1-2-16(12-18)14-27-19-6-4-15(5-7-19)13-24-21(25)20(23)17-8-10-26-11-9-17;/h1-7,12,17,20H,8-11,13-14,23H2,(H,24,25);1H. The minimum absolute atomic E-state index is 0. The highest BCUT2D eigenvalue weighted by molar-refractivity contribution is 5.85. The Balaban J connectivity index is 0.00000280. The zero-order valence-electron chi connectivity index (χ0n) is 15.6. The van der Waals surface area contributed by atoms with E-state index in [1.807, 2.05) is 30.3 Å². The summed E-state index contributed by atoms with van der Waals surface area (Å²) in [5.41, 5.74) is 7.80. The number of amides is 1. The Morgan fingerprint density at radius 2 is 1.89 bits per heavy atom. The first-order valence-electron chi connectivity index (χ1n) is 9.19. The Morgan fingerprint density at radius 3 is 2.57 bits per heavy atom. The third-order valence-corrected chi connectivity index (χ3v) is 4.76. The summed E-state index contributed by atoms with van der Waals surface area (Å²) in [5, 5.41) is 2.89. The van der Waals surface area contributed by atoms with E-state index in [0.29, 0.717) is 32.1 Å². The number of ether oxygens (including phenoxy) is 2. The van der Waals surface area contributed by atoms with Gasteiger partial charge in [0.2, 0.25) is 5.91 Å². The van der Waals surface area contributed by atoms with Gasteiger partial charge in [0.25, 0.3) is 0 Å². The van der Waals surface area contributed by atoms with Crippen molar-refractivity contribution in [2.75, 3.05) is 13.2 Å². The molecule has 7 heteroatoms. The quantitative estimate of drug-likeness (QED) is 0.737. The Hall–Kier alpha value is -2.15. The first-order chi connectivity index (χ1) is 13.1. The molecule has 1 fully saturated rings. The smallest absolute Gasteiger partial charge is 0.237 e. The van der Waals surface area contributed by atoms with Gasteiger partial charge in [-0.15, -0.1) is 12.4 Å². The van der Waals surface area contributed by atoms with Crippen molar-refractivity contribution < 1.29 is 18.7 Å². The molecule has 1 aliphatic rings. The van der Waals surface area contributed by atoms with Crippen molar-refractivity contribution in [3.05, 3.63) is 65.5 Å². The predicted molar refractivity (Wildman–Crippen MR) is 108 cm³/mol. The molecule has 1 unspecified atom stereocenters. The van der Waals surface area contributed by atoms with Crippen molar-refractivity contribution in [3.63, 3.8) is 0 Å². The van der Waals surface area contributed by atoms with Crippen LogP contribution in [0.25, 0.3) is 0 Å². The van der Waals surface area contributed by atoms with Gasteiger partial charge in [-0.2, -0.15) is 0 Å². The molecular weight excluding hydrogens is 383 g/mol. The molecule has 3 rings (SSSR count). The molecule has 1 amide bonds. The lowest BCUT2D eigenvalue weighted by Gasteiger charge is -2.26. The zero-order valence-corrected chi connectivity index (χ0v) is 16.4. The van der Waals surface area contributed by atoms with Crippen LogP contribution in [0.2, 0.25) is 0 Å². The normalized spacial score (nSPS) is 15.4. The molecule has 2 aromatic rings. The Morgan fingerprint density at radius 1 is 1.18 bits per heavy atom. The molecule has 1 atom stereocenters. The number of hydrogen-bond acceptors (Lipinski definition) is 4. The van der Waals surface area contributed by atoms with E-state index < -0.39 is 6.04 Å². The molecule has 0 bridgehead atoms. The molecule has 1 heterocycles. The molecule has 2 aromatic carbocycles. The van der Waals surface area contributed by atoms with Crippen molar-refractivity contribution in [3.8, 4) is 5.75 Å². The SMILES string of the molecule is Cl.NC(C(=O)NCc1ccc(OCc2cccc(F)c2)cc1)C1CCOCC1. The second-order valence-electron chi connectivity index (χ2n) is 6.76. The molecule has 0 radical (unpaired) electrons. The summed E-state index contributed by atoms with van der Waals surface area (Å²) in [6.07, 6.45) is 1.65. The van der Waals surface area contributed by atoms with Gasteiger partial charge in [0.1, 0.15) is 18.2 Å². The Bertz CT molecular complexity index is 752. The van der Waals surface area contributed by atoms with Gasteiger partial charge in [-0.05, 0) is 54.2 Å². The van der Waals surface area contributed by atoms with Crippen LogP contribution in [0.4, 0.5) is 4.39 Å². The van der Waals surface area contributed by atoms with Crippen LogP contribution in [0.5, 0.6) is 5.75 Å². The van der Waals surface area contributed by atoms with Crippen LogP contribution in [0, 0.1) is 11.7 Å². The summed E-state index contributed by atoms with van der Waals surface area (Å²) >= 11 is 0. The minimum Gasteiger partial charge on any atom is -0.489 e. The van der Waals surface area contributed by atoms with Crippen LogP contribution in [0.3, 0.4) is 0 Å². The third kappa shape index (κ3) is 6.48. The first kappa shape index (κ1) is 22.1. The van der Waals surface area contributed by atoms with Crippen LogP contribution >= 0.6 is 12.4 Å². The summed E-state index contributed by atoms with van der Waals surface area (Å²) in [6.45, 7) is 2.05. The average molecular weight is 409 g/mol. The lowest BCUT2D eigenvalue weighted by atomic mass is 9.92. The van der Waals surface area contributed by atoms with E-state index in [1.54, 1.807) is 6.07 Å². The summed E-state index contributed by atoms with van der Waals surface area (Å²) in [6, 6.07) is 13.3. The summed E-state index contributed by atoms with van der Waals surface area (Å²) in [5.74, 6) is 0.458. The maximum absolute atomic E-state index is 13.2. The highest BCUT2D eigenvalue weighted by Crippen LogP contribution is 2.18. The van der Waals surface area contributed by atoms with E-state index in [-0.39, 0.29) is 30.0 Å². The second kappa shape index (κ2) is 11.0. The lowest BCUT2D eigenvalue weighted by molar-refractivity contribution is -0.124. The van der Waals surface area contributed by atoms with Gasteiger partial charge in [0.15, 0.2) is 0 Å². The highest BCUT2D eigenvalue weighted by atomic mass is 35.5. The third-order valence-electron chi connectivity index (χ3n) is 4.76. The molecule has 3 N–H and O–H groups in total. The fraction of sp³-hybridized carbons (Fsp3) is 0.381. The van der Waals surface area contributed by atoms with Crippen LogP contribution in [0.15, 0.2) is 48.5 Å². The highest BCUT2D eigenvalue weighted by Gasteiger charge is 2.26. The maximum atomic E-state index is 13.2.